The second kappa shape index (κ2) is 6.91. The molecule has 120 valence electrons. The molecule has 0 spiro atoms. The summed E-state index contributed by atoms with van der Waals surface area (Å²) in [7, 11) is 3.15. The quantitative estimate of drug-likeness (QED) is 0.475. The summed E-state index contributed by atoms with van der Waals surface area (Å²) in [6.07, 6.45) is 1.66. The highest BCUT2D eigenvalue weighted by atomic mass is 16.6. The lowest BCUT2D eigenvalue weighted by Crippen LogP contribution is -1.95. The van der Waals surface area contributed by atoms with Crippen molar-refractivity contribution in [2.75, 3.05) is 14.2 Å². The van der Waals surface area contributed by atoms with Crippen LogP contribution in [0.15, 0.2) is 35.3 Å². The van der Waals surface area contributed by atoms with Gasteiger partial charge in [0.2, 0.25) is 0 Å². The van der Waals surface area contributed by atoms with Gasteiger partial charge in [-0.3, -0.25) is 15.1 Å². The van der Waals surface area contributed by atoms with Crippen LogP contribution in [-0.2, 0) is 0 Å². The van der Waals surface area contributed by atoms with E-state index in [-0.39, 0.29) is 5.69 Å². The fourth-order valence-electron chi connectivity index (χ4n) is 2.15. The minimum absolute atomic E-state index is 0.0590. The predicted octanol–water partition coefficient (Wildman–Crippen LogP) is 3.98. The van der Waals surface area contributed by atoms with E-state index in [4.69, 9.17) is 9.47 Å². The lowest BCUT2D eigenvalue weighted by atomic mass is 10.1. The standard InChI is InChI=1S/C17H18N2O4/c1-11-5-6-14(9-15(11)19(20)21)18-10-13-8-17(23-4)16(22-3)7-12(13)2/h5-10H,1-4H3. The first-order valence-electron chi connectivity index (χ1n) is 6.98. The van der Waals surface area contributed by atoms with E-state index >= 15 is 0 Å². The second-order valence-corrected chi connectivity index (χ2v) is 5.05. The number of hydrogen-bond donors (Lipinski definition) is 0. The molecular weight excluding hydrogens is 296 g/mol. The van der Waals surface area contributed by atoms with E-state index in [0.29, 0.717) is 22.7 Å². The van der Waals surface area contributed by atoms with Crippen LogP contribution < -0.4 is 9.47 Å². The Hall–Kier alpha value is -2.89. The van der Waals surface area contributed by atoms with Gasteiger partial charge in [0.15, 0.2) is 11.5 Å². The normalized spacial score (nSPS) is 10.8. The minimum atomic E-state index is -0.407. The predicted molar refractivity (Wildman–Crippen MR) is 89.4 cm³/mol. The molecule has 0 aromatic heterocycles. The molecule has 0 N–H and O–H groups in total. The molecule has 0 amide bonds. The smallest absolute Gasteiger partial charge is 0.274 e. The Bertz CT molecular complexity index is 769. The number of benzene rings is 2. The number of aliphatic imine (C=N–C) groups is 1. The molecule has 0 fully saturated rings. The van der Waals surface area contributed by atoms with E-state index < -0.39 is 4.92 Å². The molecule has 0 bridgehead atoms. The van der Waals surface area contributed by atoms with Gasteiger partial charge in [0.05, 0.1) is 24.8 Å². The fraction of sp³-hybridized carbons (Fsp3) is 0.235. The molecule has 23 heavy (non-hydrogen) atoms. The lowest BCUT2D eigenvalue weighted by molar-refractivity contribution is -0.385. The Balaban J connectivity index is 2.37. The van der Waals surface area contributed by atoms with Crippen LogP contribution in [0.1, 0.15) is 16.7 Å². The van der Waals surface area contributed by atoms with Gasteiger partial charge in [0, 0.05) is 17.8 Å². The molecule has 0 saturated heterocycles. The Morgan fingerprint density at radius 1 is 1.04 bits per heavy atom. The van der Waals surface area contributed by atoms with Gasteiger partial charge in [0.1, 0.15) is 0 Å². The summed E-state index contributed by atoms with van der Waals surface area (Å²) in [5.74, 6) is 1.25. The van der Waals surface area contributed by atoms with Crippen LogP contribution in [0.4, 0.5) is 11.4 Å². The van der Waals surface area contributed by atoms with Crippen molar-refractivity contribution in [1.29, 1.82) is 0 Å². The van der Waals surface area contributed by atoms with Crippen LogP contribution in [0.5, 0.6) is 11.5 Å². The monoisotopic (exact) mass is 314 g/mol. The third-order valence-corrected chi connectivity index (χ3v) is 3.51. The Morgan fingerprint density at radius 3 is 2.30 bits per heavy atom. The number of ether oxygens (including phenoxy) is 2. The van der Waals surface area contributed by atoms with Crippen molar-refractivity contribution < 1.29 is 14.4 Å². The Morgan fingerprint density at radius 2 is 1.70 bits per heavy atom. The largest absolute Gasteiger partial charge is 0.493 e. The van der Waals surface area contributed by atoms with Gasteiger partial charge in [-0.25, -0.2) is 0 Å². The first-order valence-corrected chi connectivity index (χ1v) is 6.98. The van der Waals surface area contributed by atoms with Gasteiger partial charge >= 0.3 is 0 Å². The number of methoxy groups -OCH3 is 2. The van der Waals surface area contributed by atoms with E-state index in [9.17, 15) is 10.1 Å². The Kier molecular flexibility index (Phi) is 4.95. The lowest BCUT2D eigenvalue weighted by Gasteiger charge is -2.10. The average molecular weight is 314 g/mol. The molecule has 0 radical (unpaired) electrons. The van der Waals surface area contributed by atoms with Crippen molar-refractivity contribution in [3.8, 4) is 11.5 Å². The summed E-state index contributed by atoms with van der Waals surface area (Å²) in [6.45, 7) is 3.63. The fourth-order valence-corrected chi connectivity index (χ4v) is 2.15. The van der Waals surface area contributed by atoms with E-state index in [1.165, 1.54) is 6.07 Å². The SMILES string of the molecule is COc1cc(C)c(C=Nc2ccc(C)c([N+](=O)[O-])c2)cc1OC. The van der Waals surface area contributed by atoms with Crippen LogP contribution in [0.2, 0.25) is 0 Å². The van der Waals surface area contributed by atoms with Crippen molar-refractivity contribution >= 4 is 17.6 Å². The van der Waals surface area contributed by atoms with Gasteiger partial charge < -0.3 is 9.47 Å². The molecule has 2 aromatic rings. The number of nitro benzene ring substituents is 1. The summed E-state index contributed by atoms with van der Waals surface area (Å²) in [4.78, 5) is 14.9. The van der Waals surface area contributed by atoms with Crippen LogP contribution >= 0.6 is 0 Å². The zero-order chi connectivity index (χ0) is 17.0. The van der Waals surface area contributed by atoms with Gasteiger partial charge in [-0.15, -0.1) is 0 Å². The van der Waals surface area contributed by atoms with Gasteiger partial charge in [0.25, 0.3) is 5.69 Å². The van der Waals surface area contributed by atoms with Crippen molar-refractivity contribution in [3.63, 3.8) is 0 Å². The number of rotatable bonds is 5. The summed E-state index contributed by atoms with van der Waals surface area (Å²) in [6, 6.07) is 8.57. The number of aryl methyl sites for hydroxylation is 2. The van der Waals surface area contributed by atoms with Gasteiger partial charge in [-0.1, -0.05) is 6.07 Å². The van der Waals surface area contributed by atoms with Crippen LogP contribution in [0.25, 0.3) is 0 Å². The molecule has 0 saturated carbocycles. The van der Waals surface area contributed by atoms with Gasteiger partial charge in [-0.2, -0.15) is 0 Å². The summed E-state index contributed by atoms with van der Waals surface area (Å²) in [5, 5.41) is 11.0. The molecule has 6 heteroatoms. The van der Waals surface area contributed by atoms with E-state index in [2.05, 4.69) is 4.99 Å². The highest BCUT2D eigenvalue weighted by molar-refractivity contribution is 5.85. The van der Waals surface area contributed by atoms with Crippen molar-refractivity contribution in [3.05, 3.63) is 57.1 Å². The molecule has 0 atom stereocenters. The first kappa shape index (κ1) is 16.5. The molecule has 0 heterocycles. The maximum absolute atomic E-state index is 11.0. The highest BCUT2D eigenvalue weighted by Crippen LogP contribution is 2.30. The summed E-state index contributed by atoms with van der Waals surface area (Å²) >= 11 is 0. The van der Waals surface area contributed by atoms with Crippen LogP contribution in [-0.4, -0.2) is 25.4 Å². The molecule has 6 nitrogen and oxygen atoms in total. The molecular formula is C17H18N2O4. The van der Waals surface area contributed by atoms with Gasteiger partial charge in [-0.05, 0) is 43.2 Å². The topological polar surface area (TPSA) is 74.0 Å². The maximum atomic E-state index is 11.0. The maximum Gasteiger partial charge on any atom is 0.274 e. The second-order valence-electron chi connectivity index (χ2n) is 5.05. The van der Waals surface area contributed by atoms with E-state index in [1.807, 2.05) is 19.1 Å². The molecule has 0 aliphatic heterocycles. The molecule has 0 unspecified atom stereocenters. The zero-order valence-electron chi connectivity index (χ0n) is 13.5. The van der Waals surface area contributed by atoms with Crippen molar-refractivity contribution in [2.24, 2.45) is 4.99 Å². The summed E-state index contributed by atoms with van der Waals surface area (Å²) < 4.78 is 10.5. The number of nitro groups is 1. The van der Waals surface area contributed by atoms with Crippen molar-refractivity contribution in [2.45, 2.75) is 13.8 Å². The third kappa shape index (κ3) is 3.66. The first-order chi connectivity index (χ1) is 11.0. The van der Waals surface area contributed by atoms with E-state index in [0.717, 1.165) is 11.1 Å². The molecule has 2 rings (SSSR count). The zero-order valence-corrected chi connectivity index (χ0v) is 13.5. The van der Waals surface area contributed by atoms with E-state index in [1.54, 1.807) is 39.5 Å². The summed E-state index contributed by atoms with van der Waals surface area (Å²) in [5.41, 5.74) is 3.01. The Labute approximate surface area is 134 Å². The highest BCUT2D eigenvalue weighted by Gasteiger charge is 2.11. The van der Waals surface area contributed by atoms with Crippen LogP contribution in [0.3, 0.4) is 0 Å². The van der Waals surface area contributed by atoms with Crippen LogP contribution in [0, 0.1) is 24.0 Å². The molecule has 0 aliphatic rings. The number of nitrogens with zero attached hydrogens (tertiary/aromatic N) is 2. The third-order valence-electron chi connectivity index (χ3n) is 3.51. The molecule has 0 aliphatic carbocycles. The number of hydrogen-bond acceptors (Lipinski definition) is 5. The van der Waals surface area contributed by atoms with Crippen molar-refractivity contribution in [1.82, 2.24) is 0 Å². The minimum Gasteiger partial charge on any atom is -0.493 e. The molecule has 2 aromatic carbocycles. The average Bonchev–Trinajstić information content (AvgIpc) is 2.54.